The van der Waals surface area contributed by atoms with Crippen molar-refractivity contribution >= 4 is 28.8 Å². The van der Waals surface area contributed by atoms with Gasteiger partial charge in [-0.15, -0.1) is 0 Å². The third kappa shape index (κ3) is 3.75. The molecular weight excluding hydrogens is 332 g/mol. The maximum absolute atomic E-state index is 6.23. The second-order valence-corrected chi connectivity index (χ2v) is 5.46. The van der Waals surface area contributed by atoms with Gasteiger partial charge in [-0.1, -0.05) is 6.07 Å². The van der Waals surface area contributed by atoms with E-state index in [1.807, 2.05) is 31.2 Å². The molecule has 0 amide bonds. The fraction of sp³-hybridized carbons (Fsp3) is 0.167. The van der Waals surface area contributed by atoms with Crippen LogP contribution in [0.5, 0.6) is 11.5 Å². The first kappa shape index (κ1) is 17.3. The summed E-state index contributed by atoms with van der Waals surface area (Å²) in [6.45, 7) is 1.91. The largest absolute Gasteiger partial charge is 0.497 e. The van der Waals surface area contributed by atoms with E-state index in [0.29, 0.717) is 40.3 Å². The van der Waals surface area contributed by atoms with Gasteiger partial charge in [-0.05, 0) is 31.2 Å². The van der Waals surface area contributed by atoms with Gasteiger partial charge in [0.15, 0.2) is 11.6 Å². The van der Waals surface area contributed by atoms with Crippen LogP contribution in [0.4, 0.5) is 28.8 Å². The standard InChI is InChI=1S/C18H20N6O2/c1-11-5-4-6-15(22-11)24-18-16(19)17(20-10-21-18)23-13-9-12(25-2)7-8-14(13)26-3/h4-10H,19H2,1-3H3,(H2,20,21,22,23,24). The summed E-state index contributed by atoms with van der Waals surface area (Å²) in [6.07, 6.45) is 1.42. The van der Waals surface area contributed by atoms with Gasteiger partial charge < -0.3 is 25.8 Å². The zero-order valence-corrected chi connectivity index (χ0v) is 14.8. The molecule has 0 saturated carbocycles. The number of anilines is 5. The number of methoxy groups -OCH3 is 2. The van der Waals surface area contributed by atoms with Crippen LogP contribution in [0.3, 0.4) is 0 Å². The van der Waals surface area contributed by atoms with E-state index >= 15 is 0 Å². The van der Waals surface area contributed by atoms with Crippen LogP contribution in [0, 0.1) is 6.92 Å². The molecule has 0 unspecified atom stereocenters. The number of benzene rings is 1. The van der Waals surface area contributed by atoms with Crippen LogP contribution in [-0.2, 0) is 0 Å². The number of hydrogen-bond acceptors (Lipinski definition) is 8. The Morgan fingerprint density at radius 3 is 2.42 bits per heavy atom. The molecule has 0 aliphatic rings. The molecule has 0 bridgehead atoms. The summed E-state index contributed by atoms with van der Waals surface area (Å²) in [7, 11) is 3.19. The molecule has 0 radical (unpaired) electrons. The van der Waals surface area contributed by atoms with E-state index < -0.39 is 0 Å². The molecule has 0 aliphatic heterocycles. The lowest BCUT2D eigenvalue weighted by Crippen LogP contribution is -2.06. The van der Waals surface area contributed by atoms with Crippen molar-refractivity contribution in [2.75, 3.05) is 30.6 Å². The van der Waals surface area contributed by atoms with Crippen LogP contribution in [0.25, 0.3) is 0 Å². The minimum atomic E-state index is 0.362. The Labute approximate surface area is 151 Å². The summed E-state index contributed by atoms with van der Waals surface area (Å²) < 4.78 is 10.6. The zero-order valence-electron chi connectivity index (χ0n) is 14.8. The first-order valence-electron chi connectivity index (χ1n) is 7.91. The molecule has 8 nitrogen and oxygen atoms in total. The highest BCUT2D eigenvalue weighted by molar-refractivity contribution is 5.81. The third-order valence-electron chi connectivity index (χ3n) is 3.68. The molecule has 3 aromatic rings. The number of nitrogen functional groups attached to an aromatic ring is 1. The van der Waals surface area contributed by atoms with Crippen LogP contribution in [0.15, 0.2) is 42.7 Å². The van der Waals surface area contributed by atoms with Gasteiger partial charge in [0.1, 0.15) is 29.3 Å². The lowest BCUT2D eigenvalue weighted by molar-refractivity contribution is 0.405. The summed E-state index contributed by atoms with van der Waals surface area (Å²) >= 11 is 0. The Morgan fingerprint density at radius 1 is 0.962 bits per heavy atom. The summed E-state index contributed by atoms with van der Waals surface area (Å²) in [5.41, 5.74) is 8.16. The zero-order chi connectivity index (χ0) is 18.5. The molecule has 2 heterocycles. The number of ether oxygens (including phenoxy) is 2. The Kier molecular flexibility index (Phi) is 5.02. The Morgan fingerprint density at radius 2 is 1.73 bits per heavy atom. The van der Waals surface area contributed by atoms with Gasteiger partial charge in [0.25, 0.3) is 0 Å². The molecule has 0 aliphatic carbocycles. The lowest BCUT2D eigenvalue weighted by atomic mass is 10.2. The van der Waals surface area contributed by atoms with Crippen molar-refractivity contribution < 1.29 is 9.47 Å². The van der Waals surface area contributed by atoms with Crippen molar-refractivity contribution in [3.8, 4) is 11.5 Å². The van der Waals surface area contributed by atoms with Gasteiger partial charge in [0.05, 0.1) is 19.9 Å². The van der Waals surface area contributed by atoms with Gasteiger partial charge in [0.2, 0.25) is 0 Å². The highest BCUT2D eigenvalue weighted by atomic mass is 16.5. The SMILES string of the molecule is COc1ccc(OC)c(Nc2ncnc(Nc3cccc(C)n3)c2N)c1. The van der Waals surface area contributed by atoms with Gasteiger partial charge >= 0.3 is 0 Å². The fourth-order valence-electron chi connectivity index (χ4n) is 2.37. The van der Waals surface area contributed by atoms with E-state index in [-0.39, 0.29) is 0 Å². The first-order valence-corrected chi connectivity index (χ1v) is 7.91. The van der Waals surface area contributed by atoms with Crippen LogP contribution >= 0.6 is 0 Å². The molecule has 0 spiro atoms. The summed E-state index contributed by atoms with van der Waals surface area (Å²) in [4.78, 5) is 12.8. The number of nitrogens with zero attached hydrogens (tertiary/aromatic N) is 3. The molecule has 0 atom stereocenters. The molecule has 134 valence electrons. The second-order valence-electron chi connectivity index (χ2n) is 5.46. The molecule has 26 heavy (non-hydrogen) atoms. The average molecular weight is 352 g/mol. The second kappa shape index (κ2) is 7.56. The van der Waals surface area contributed by atoms with Gasteiger partial charge in [0, 0.05) is 11.8 Å². The molecule has 0 saturated heterocycles. The smallest absolute Gasteiger partial charge is 0.160 e. The van der Waals surface area contributed by atoms with Crippen molar-refractivity contribution in [2.24, 2.45) is 0 Å². The van der Waals surface area contributed by atoms with Gasteiger partial charge in [-0.25, -0.2) is 15.0 Å². The van der Waals surface area contributed by atoms with Crippen LogP contribution in [-0.4, -0.2) is 29.2 Å². The van der Waals surface area contributed by atoms with Crippen LogP contribution < -0.4 is 25.8 Å². The Balaban J connectivity index is 1.90. The molecule has 8 heteroatoms. The fourth-order valence-corrected chi connectivity index (χ4v) is 2.37. The summed E-state index contributed by atoms with van der Waals surface area (Å²) in [5, 5.41) is 6.27. The highest BCUT2D eigenvalue weighted by Crippen LogP contribution is 2.34. The monoisotopic (exact) mass is 352 g/mol. The Hall–Kier alpha value is -3.55. The Bertz CT molecular complexity index is 916. The van der Waals surface area contributed by atoms with E-state index in [0.717, 1.165) is 5.69 Å². The van der Waals surface area contributed by atoms with E-state index in [2.05, 4.69) is 25.6 Å². The minimum absolute atomic E-state index is 0.362. The van der Waals surface area contributed by atoms with Crippen molar-refractivity contribution in [2.45, 2.75) is 6.92 Å². The predicted molar refractivity (Wildman–Crippen MR) is 102 cm³/mol. The number of nitrogens with one attached hydrogen (secondary N) is 2. The number of aromatic nitrogens is 3. The quantitative estimate of drug-likeness (QED) is 0.620. The summed E-state index contributed by atoms with van der Waals surface area (Å²) in [6, 6.07) is 11.1. The molecule has 2 aromatic heterocycles. The van der Waals surface area contributed by atoms with E-state index in [4.69, 9.17) is 15.2 Å². The molecule has 4 N–H and O–H groups in total. The van der Waals surface area contributed by atoms with Crippen molar-refractivity contribution in [3.05, 3.63) is 48.4 Å². The van der Waals surface area contributed by atoms with Crippen molar-refractivity contribution in [1.82, 2.24) is 15.0 Å². The average Bonchev–Trinajstić information content (AvgIpc) is 2.65. The van der Waals surface area contributed by atoms with E-state index in [1.165, 1.54) is 6.33 Å². The van der Waals surface area contributed by atoms with Crippen molar-refractivity contribution in [3.63, 3.8) is 0 Å². The maximum Gasteiger partial charge on any atom is 0.160 e. The van der Waals surface area contributed by atoms with Gasteiger partial charge in [-0.3, -0.25) is 0 Å². The maximum atomic E-state index is 6.23. The molecule has 1 aromatic carbocycles. The lowest BCUT2D eigenvalue weighted by Gasteiger charge is -2.15. The minimum Gasteiger partial charge on any atom is -0.497 e. The number of hydrogen-bond donors (Lipinski definition) is 3. The topological polar surface area (TPSA) is 107 Å². The van der Waals surface area contributed by atoms with Crippen molar-refractivity contribution in [1.29, 1.82) is 0 Å². The predicted octanol–water partition coefficient (Wildman–Crippen LogP) is 3.27. The molecule has 0 fully saturated rings. The molecular formula is C18H20N6O2. The van der Waals surface area contributed by atoms with E-state index in [9.17, 15) is 0 Å². The van der Waals surface area contributed by atoms with Gasteiger partial charge in [-0.2, -0.15) is 0 Å². The number of pyridine rings is 1. The highest BCUT2D eigenvalue weighted by Gasteiger charge is 2.12. The number of rotatable bonds is 6. The van der Waals surface area contributed by atoms with E-state index in [1.54, 1.807) is 26.4 Å². The summed E-state index contributed by atoms with van der Waals surface area (Å²) in [5.74, 6) is 2.88. The molecule has 3 rings (SSSR count). The number of nitrogens with two attached hydrogens (primary N) is 1. The van der Waals surface area contributed by atoms with Crippen LogP contribution in [0.1, 0.15) is 5.69 Å². The first-order chi connectivity index (χ1) is 12.6. The van der Waals surface area contributed by atoms with Crippen LogP contribution in [0.2, 0.25) is 0 Å². The third-order valence-corrected chi connectivity index (χ3v) is 3.68. The normalized spacial score (nSPS) is 10.3. The number of aryl methyl sites for hydroxylation is 1.